The molecule has 4 aliphatic rings. The zero-order valence-electron chi connectivity index (χ0n) is 21.1. The number of rotatable bonds is 7. The minimum atomic E-state index is 0.571. The highest BCUT2D eigenvalue weighted by Crippen LogP contribution is 2.52. The Bertz CT molecular complexity index is 1040. The van der Waals surface area contributed by atoms with Crippen LogP contribution in [0, 0.1) is 36.0 Å². The van der Waals surface area contributed by atoms with Crippen LogP contribution in [0.2, 0.25) is 0 Å². The molecule has 2 aromatic heterocycles. The average Bonchev–Trinajstić information content (AvgIpc) is 3.54. The van der Waals surface area contributed by atoms with Crippen molar-refractivity contribution >= 4 is 5.82 Å². The van der Waals surface area contributed by atoms with E-state index in [9.17, 15) is 0 Å². The molecule has 6 nitrogen and oxygen atoms in total. The number of fused-ring (bicyclic) bond motifs is 3. The van der Waals surface area contributed by atoms with Crippen LogP contribution in [0.4, 0.5) is 5.82 Å². The van der Waals surface area contributed by atoms with Crippen LogP contribution in [0.1, 0.15) is 57.4 Å². The van der Waals surface area contributed by atoms with Crippen molar-refractivity contribution in [2.45, 2.75) is 58.8 Å². The van der Waals surface area contributed by atoms with Crippen LogP contribution >= 0.6 is 0 Å². The van der Waals surface area contributed by atoms with Gasteiger partial charge in [-0.05, 0) is 98.7 Å². The first-order valence-corrected chi connectivity index (χ1v) is 13.4. The molecule has 6 heteroatoms. The van der Waals surface area contributed by atoms with Crippen molar-refractivity contribution in [1.82, 2.24) is 24.9 Å². The first-order valence-electron chi connectivity index (χ1n) is 13.4. The van der Waals surface area contributed by atoms with Gasteiger partial charge in [0.15, 0.2) is 0 Å². The molecule has 0 aromatic carbocycles. The summed E-state index contributed by atoms with van der Waals surface area (Å²) in [7, 11) is 1.95. The van der Waals surface area contributed by atoms with Crippen molar-refractivity contribution in [1.29, 1.82) is 0 Å². The van der Waals surface area contributed by atoms with E-state index in [1.165, 1.54) is 64.6 Å². The van der Waals surface area contributed by atoms with Crippen LogP contribution in [0.25, 0.3) is 11.4 Å². The number of nitrogens with zero attached hydrogens (tertiary/aromatic N) is 5. The van der Waals surface area contributed by atoms with Crippen molar-refractivity contribution in [3.63, 3.8) is 0 Å². The van der Waals surface area contributed by atoms with Crippen LogP contribution in [-0.4, -0.2) is 51.1 Å². The molecule has 2 bridgehead atoms. The first kappa shape index (κ1) is 22.3. The molecule has 3 heterocycles. The van der Waals surface area contributed by atoms with Gasteiger partial charge >= 0.3 is 0 Å². The van der Waals surface area contributed by atoms with Crippen molar-refractivity contribution in [3.8, 4) is 11.4 Å². The zero-order chi connectivity index (χ0) is 23.3. The molecule has 6 rings (SSSR count). The third-order valence-corrected chi connectivity index (χ3v) is 9.31. The molecule has 34 heavy (non-hydrogen) atoms. The molecule has 2 saturated carbocycles. The van der Waals surface area contributed by atoms with Crippen LogP contribution in [0.5, 0.6) is 0 Å². The molecule has 0 radical (unpaired) electrons. The summed E-state index contributed by atoms with van der Waals surface area (Å²) in [5.41, 5.74) is 5.37. The van der Waals surface area contributed by atoms with E-state index in [1.54, 1.807) is 5.57 Å². The fourth-order valence-corrected chi connectivity index (χ4v) is 8.03. The Morgan fingerprint density at radius 3 is 2.88 bits per heavy atom. The molecule has 5 atom stereocenters. The Kier molecular flexibility index (Phi) is 5.75. The number of aryl methyl sites for hydroxylation is 2. The second kappa shape index (κ2) is 8.78. The maximum Gasteiger partial charge on any atom is 0.148 e. The van der Waals surface area contributed by atoms with Crippen molar-refractivity contribution in [2.75, 3.05) is 31.5 Å². The summed E-state index contributed by atoms with van der Waals surface area (Å²) in [6, 6.07) is 4.10. The summed E-state index contributed by atoms with van der Waals surface area (Å²) in [6.07, 6.45) is 14.1. The zero-order valence-corrected chi connectivity index (χ0v) is 21.1. The highest BCUT2D eigenvalue weighted by Gasteiger charge is 2.46. The van der Waals surface area contributed by atoms with E-state index >= 15 is 0 Å². The summed E-state index contributed by atoms with van der Waals surface area (Å²) in [6.45, 7) is 9.54. The molecule has 1 N–H and O–H groups in total. The Morgan fingerprint density at radius 1 is 1.18 bits per heavy atom. The second-order valence-electron chi connectivity index (χ2n) is 12.0. The molecule has 0 amide bonds. The molecule has 3 aliphatic carbocycles. The van der Waals surface area contributed by atoms with Crippen LogP contribution in [0.3, 0.4) is 0 Å². The molecule has 182 valence electrons. The number of anilines is 1. The van der Waals surface area contributed by atoms with Gasteiger partial charge in [0.2, 0.25) is 0 Å². The average molecular weight is 461 g/mol. The lowest BCUT2D eigenvalue weighted by atomic mass is 9.71. The summed E-state index contributed by atoms with van der Waals surface area (Å²) in [5.74, 6) is 4.44. The predicted octanol–water partition coefficient (Wildman–Crippen LogP) is 5.08. The van der Waals surface area contributed by atoms with Crippen LogP contribution in [-0.2, 0) is 7.05 Å². The molecule has 2 aromatic rings. The Morgan fingerprint density at radius 2 is 2.09 bits per heavy atom. The van der Waals surface area contributed by atoms with Gasteiger partial charge in [-0.2, -0.15) is 5.10 Å². The van der Waals surface area contributed by atoms with Gasteiger partial charge in [0.25, 0.3) is 0 Å². The van der Waals surface area contributed by atoms with E-state index in [2.05, 4.69) is 57.6 Å². The molecular weight excluding hydrogens is 420 g/mol. The summed E-state index contributed by atoms with van der Waals surface area (Å²) >= 11 is 0. The van der Waals surface area contributed by atoms with E-state index in [1.807, 2.05) is 17.9 Å². The molecule has 5 unspecified atom stereocenters. The Balaban J connectivity index is 1.00. The fraction of sp³-hybridized carbons (Fsp3) is 0.679. The van der Waals surface area contributed by atoms with Gasteiger partial charge in [0.1, 0.15) is 11.5 Å². The number of nitrogens with one attached hydrogen (secondary N) is 1. The summed E-state index contributed by atoms with van der Waals surface area (Å²) in [5, 5.41) is 16.7. The van der Waals surface area contributed by atoms with E-state index in [-0.39, 0.29) is 0 Å². The number of allylic oxidation sites excluding steroid dienone is 2. The smallest absolute Gasteiger partial charge is 0.148 e. The van der Waals surface area contributed by atoms with Gasteiger partial charge in [0.05, 0.1) is 11.9 Å². The maximum atomic E-state index is 4.45. The van der Waals surface area contributed by atoms with E-state index in [4.69, 9.17) is 0 Å². The molecule has 0 spiro atoms. The lowest BCUT2D eigenvalue weighted by molar-refractivity contribution is 0.125. The molecule has 1 aliphatic heterocycles. The topological polar surface area (TPSA) is 58.9 Å². The highest BCUT2D eigenvalue weighted by molar-refractivity contribution is 5.59. The van der Waals surface area contributed by atoms with Gasteiger partial charge in [-0.1, -0.05) is 18.6 Å². The maximum absolute atomic E-state index is 4.45. The normalized spacial score (nSPS) is 32.7. The van der Waals surface area contributed by atoms with Gasteiger partial charge in [0, 0.05) is 33.2 Å². The third kappa shape index (κ3) is 4.19. The van der Waals surface area contributed by atoms with Crippen LogP contribution < -0.4 is 5.32 Å². The number of hydrogen-bond donors (Lipinski definition) is 1. The largest absolute Gasteiger partial charge is 0.369 e. The summed E-state index contributed by atoms with van der Waals surface area (Å²) < 4.78 is 1.87. The number of aromatic nitrogens is 4. The Labute approximate surface area is 204 Å². The second-order valence-corrected chi connectivity index (χ2v) is 12.0. The van der Waals surface area contributed by atoms with E-state index < -0.39 is 0 Å². The van der Waals surface area contributed by atoms with E-state index in [0.29, 0.717) is 5.41 Å². The number of hydrogen-bond acceptors (Lipinski definition) is 5. The van der Waals surface area contributed by atoms with Crippen molar-refractivity contribution < 1.29 is 0 Å². The quantitative estimate of drug-likeness (QED) is 0.584. The summed E-state index contributed by atoms with van der Waals surface area (Å²) in [4.78, 5) is 2.86. The fourth-order valence-electron chi connectivity index (χ4n) is 8.03. The molecule has 1 saturated heterocycles. The molecule has 3 fully saturated rings. The molecular formula is C28H40N6. The predicted molar refractivity (Wildman–Crippen MR) is 136 cm³/mol. The monoisotopic (exact) mass is 460 g/mol. The number of likely N-dealkylation sites (tertiary alicyclic amines) is 1. The van der Waals surface area contributed by atoms with Crippen LogP contribution in [0.15, 0.2) is 30.0 Å². The minimum Gasteiger partial charge on any atom is -0.369 e. The van der Waals surface area contributed by atoms with Crippen molar-refractivity contribution in [3.05, 3.63) is 35.5 Å². The van der Waals surface area contributed by atoms with Gasteiger partial charge in [-0.3, -0.25) is 4.68 Å². The van der Waals surface area contributed by atoms with Crippen molar-refractivity contribution in [2.24, 2.45) is 36.1 Å². The first-order chi connectivity index (χ1) is 16.5. The SMILES string of the molecule is Cc1cnn(C)c1-c1ccc(NCCC2CCC3CN(CC45CC=C(CC(C)C4)C5)CC23)nn1. The van der Waals surface area contributed by atoms with E-state index in [0.717, 1.165) is 53.0 Å². The Hall–Kier alpha value is -2.21. The lowest BCUT2D eigenvalue weighted by Gasteiger charge is -2.39. The minimum absolute atomic E-state index is 0.571. The lowest BCUT2D eigenvalue weighted by Crippen LogP contribution is -2.38. The van der Waals surface area contributed by atoms with Gasteiger partial charge < -0.3 is 10.2 Å². The standard InChI is InChI=1S/C28H40N6/c1-19-12-21-8-10-28(13-19,14-21)18-34-16-23-5-4-22(24(23)17-34)9-11-29-26-7-6-25(31-32-26)27-20(2)15-30-33(27)3/h6-8,15,19,22-24H,4-5,9-14,16-18H2,1-3H3,(H,29,32). The van der Waals surface area contributed by atoms with Gasteiger partial charge in [-0.15, -0.1) is 10.2 Å². The van der Waals surface area contributed by atoms with Gasteiger partial charge in [-0.25, -0.2) is 0 Å². The highest BCUT2D eigenvalue weighted by atomic mass is 15.3. The third-order valence-electron chi connectivity index (χ3n) is 9.31.